The maximum Gasteiger partial charge on any atom is 0.138 e. The van der Waals surface area contributed by atoms with Gasteiger partial charge in [-0.2, -0.15) is 5.10 Å². The summed E-state index contributed by atoms with van der Waals surface area (Å²) in [7, 11) is 1.92. The number of rotatable bonds is 4. The van der Waals surface area contributed by atoms with Gasteiger partial charge in [0.1, 0.15) is 5.76 Å². The van der Waals surface area contributed by atoms with Crippen LogP contribution < -0.4 is 5.32 Å². The van der Waals surface area contributed by atoms with Crippen molar-refractivity contribution >= 4 is 0 Å². The van der Waals surface area contributed by atoms with E-state index in [2.05, 4.69) is 22.5 Å². The lowest BCUT2D eigenvalue weighted by Gasteiger charge is -2.11. The average Bonchev–Trinajstić information content (AvgIpc) is 2.84. The molecule has 0 spiro atoms. The van der Waals surface area contributed by atoms with E-state index >= 15 is 0 Å². The molecule has 5 nitrogen and oxygen atoms in total. The molecule has 0 aromatic carbocycles. The van der Waals surface area contributed by atoms with Crippen molar-refractivity contribution in [1.29, 1.82) is 0 Å². The fourth-order valence-corrected chi connectivity index (χ4v) is 1.79. The quantitative estimate of drug-likeness (QED) is 0.877. The lowest BCUT2D eigenvalue weighted by Crippen LogP contribution is -2.18. The van der Waals surface area contributed by atoms with Gasteiger partial charge >= 0.3 is 0 Å². The fraction of sp³-hybridized carbons (Fsp3) is 0.500. The molecule has 2 aromatic rings. The molecule has 0 bridgehead atoms. The van der Waals surface area contributed by atoms with Crippen LogP contribution in [0.15, 0.2) is 16.9 Å². The second kappa shape index (κ2) is 4.71. The van der Waals surface area contributed by atoms with Gasteiger partial charge in [-0.1, -0.05) is 5.16 Å². The van der Waals surface area contributed by atoms with E-state index in [4.69, 9.17) is 4.52 Å². The number of aryl methyl sites for hydroxylation is 3. The molecule has 0 saturated carbocycles. The molecule has 92 valence electrons. The summed E-state index contributed by atoms with van der Waals surface area (Å²) >= 11 is 0. The Balaban J connectivity index is 1.99. The highest BCUT2D eigenvalue weighted by atomic mass is 16.5. The second-order valence-electron chi connectivity index (χ2n) is 4.35. The van der Waals surface area contributed by atoms with E-state index in [9.17, 15) is 0 Å². The largest absolute Gasteiger partial charge is 0.361 e. The van der Waals surface area contributed by atoms with Crippen LogP contribution in [-0.4, -0.2) is 14.9 Å². The maximum absolute atomic E-state index is 5.13. The highest BCUT2D eigenvalue weighted by Crippen LogP contribution is 2.15. The van der Waals surface area contributed by atoms with Gasteiger partial charge in [0, 0.05) is 37.0 Å². The molecular weight excluding hydrogens is 216 g/mol. The first-order valence-corrected chi connectivity index (χ1v) is 5.71. The van der Waals surface area contributed by atoms with Gasteiger partial charge in [-0.15, -0.1) is 0 Å². The molecule has 0 aliphatic heterocycles. The molecule has 2 rings (SSSR count). The van der Waals surface area contributed by atoms with E-state index < -0.39 is 0 Å². The molecule has 17 heavy (non-hydrogen) atoms. The Bertz CT molecular complexity index is 481. The normalized spacial score (nSPS) is 12.9. The zero-order chi connectivity index (χ0) is 12.4. The third-order valence-corrected chi connectivity index (χ3v) is 2.99. The van der Waals surface area contributed by atoms with Crippen LogP contribution in [0, 0.1) is 13.8 Å². The van der Waals surface area contributed by atoms with Crippen LogP contribution in [0.25, 0.3) is 0 Å². The zero-order valence-corrected chi connectivity index (χ0v) is 10.7. The number of aromatic nitrogens is 3. The van der Waals surface area contributed by atoms with Crippen LogP contribution in [0.1, 0.15) is 35.5 Å². The molecule has 0 aliphatic rings. The van der Waals surface area contributed by atoms with Gasteiger partial charge in [-0.25, -0.2) is 0 Å². The molecule has 0 amide bonds. The van der Waals surface area contributed by atoms with Crippen LogP contribution in [0.4, 0.5) is 0 Å². The van der Waals surface area contributed by atoms with Crippen molar-refractivity contribution < 1.29 is 4.52 Å². The topological polar surface area (TPSA) is 55.9 Å². The monoisotopic (exact) mass is 234 g/mol. The lowest BCUT2D eigenvalue weighted by molar-refractivity contribution is 0.391. The summed E-state index contributed by atoms with van der Waals surface area (Å²) in [6, 6.07) is 0.261. The van der Waals surface area contributed by atoms with E-state index in [0.717, 1.165) is 23.6 Å². The SMILES string of the molecule is Cc1noc(C)c1CNC(C)c1cnn(C)c1. The lowest BCUT2D eigenvalue weighted by atomic mass is 10.1. The van der Waals surface area contributed by atoms with Crippen LogP contribution in [0.5, 0.6) is 0 Å². The Morgan fingerprint density at radius 2 is 2.24 bits per heavy atom. The minimum absolute atomic E-state index is 0.261. The van der Waals surface area contributed by atoms with Crippen molar-refractivity contribution in [3.05, 3.63) is 35.0 Å². The summed E-state index contributed by atoms with van der Waals surface area (Å²) in [4.78, 5) is 0. The second-order valence-corrected chi connectivity index (χ2v) is 4.35. The number of hydrogen-bond donors (Lipinski definition) is 1. The Morgan fingerprint density at radius 1 is 1.47 bits per heavy atom. The van der Waals surface area contributed by atoms with E-state index in [0.29, 0.717) is 0 Å². The summed E-state index contributed by atoms with van der Waals surface area (Å²) in [5.41, 5.74) is 3.27. The summed E-state index contributed by atoms with van der Waals surface area (Å²) < 4.78 is 6.94. The van der Waals surface area contributed by atoms with Gasteiger partial charge in [0.15, 0.2) is 0 Å². The predicted molar refractivity (Wildman–Crippen MR) is 64.4 cm³/mol. The number of nitrogens with one attached hydrogen (secondary N) is 1. The molecule has 1 unspecified atom stereocenters. The van der Waals surface area contributed by atoms with E-state index in [-0.39, 0.29) is 6.04 Å². The molecule has 0 fully saturated rings. The van der Waals surface area contributed by atoms with Crippen LogP contribution in [0.3, 0.4) is 0 Å². The maximum atomic E-state index is 5.13. The molecule has 5 heteroatoms. The molecule has 1 N–H and O–H groups in total. The van der Waals surface area contributed by atoms with Crippen LogP contribution >= 0.6 is 0 Å². The van der Waals surface area contributed by atoms with E-state index in [1.807, 2.05) is 38.0 Å². The first-order valence-electron chi connectivity index (χ1n) is 5.71. The molecule has 2 aromatic heterocycles. The highest BCUT2D eigenvalue weighted by molar-refractivity contribution is 5.21. The standard InChI is InChI=1S/C12H18N4O/c1-8(11-5-14-16(4)7-11)13-6-12-9(2)15-17-10(12)3/h5,7-8,13H,6H2,1-4H3. The molecule has 0 radical (unpaired) electrons. The first kappa shape index (κ1) is 11.9. The summed E-state index contributed by atoms with van der Waals surface area (Å²) in [6.45, 7) is 6.78. The van der Waals surface area contributed by atoms with Gasteiger partial charge < -0.3 is 9.84 Å². The van der Waals surface area contributed by atoms with Crippen molar-refractivity contribution in [2.75, 3.05) is 0 Å². The summed E-state index contributed by atoms with van der Waals surface area (Å²) in [6.07, 6.45) is 3.90. The number of nitrogens with zero attached hydrogens (tertiary/aromatic N) is 3. The van der Waals surface area contributed by atoms with Gasteiger partial charge in [0.05, 0.1) is 11.9 Å². The Labute approximate surface area is 101 Å². The third-order valence-electron chi connectivity index (χ3n) is 2.99. The molecule has 0 saturated heterocycles. The minimum atomic E-state index is 0.261. The molecule has 0 aliphatic carbocycles. The van der Waals surface area contributed by atoms with E-state index in [1.54, 1.807) is 0 Å². The van der Waals surface area contributed by atoms with Crippen LogP contribution in [-0.2, 0) is 13.6 Å². The van der Waals surface area contributed by atoms with Crippen LogP contribution in [0.2, 0.25) is 0 Å². The first-order chi connectivity index (χ1) is 8.08. The van der Waals surface area contributed by atoms with Gasteiger partial charge in [0.2, 0.25) is 0 Å². The van der Waals surface area contributed by atoms with Crippen molar-refractivity contribution in [3.8, 4) is 0 Å². The number of hydrogen-bond acceptors (Lipinski definition) is 4. The predicted octanol–water partition coefficient (Wildman–Crippen LogP) is 1.88. The van der Waals surface area contributed by atoms with Crippen molar-refractivity contribution in [2.24, 2.45) is 7.05 Å². The minimum Gasteiger partial charge on any atom is -0.361 e. The molecular formula is C12H18N4O. The van der Waals surface area contributed by atoms with Gasteiger partial charge in [-0.05, 0) is 20.8 Å². The van der Waals surface area contributed by atoms with Gasteiger partial charge in [0.25, 0.3) is 0 Å². The fourth-order valence-electron chi connectivity index (χ4n) is 1.79. The zero-order valence-electron chi connectivity index (χ0n) is 10.7. The average molecular weight is 234 g/mol. The van der Waals surface area contributed by atoms with Crippen molar-refractivity contribution in [2.45, 2.75) is 33.4 Å². The summed E-state index contributed by atoms with van der Waals surface area (Å²) in [5.74, 6) is 0.883. The van der Waals surface area contributed by atoms with Crippen molar-refractivity contribution in [1.82, 2.24) is 20.3 Å². The Hall–Kier alpha value is -1.62. The van der Waals surface area contributed by atoms with Gasteiger partial charge in [-0.3, -0.25) is 4.68 Å². The van der Waals surface area contributed by atoms with E-state index in [1.165, 1.54) is 5.56 Å². The Kier molecular flexibility index (Phi) is 3.28. The molecule has 2 heterocycles. The highest BCUT2D eigenvalue weighted by Gasteiger charge is 2.11. The smallest absolute Gasteiger partial charge is 0.138 e. The third kappa shape index (κ3) is 2.55. The van der Waals surface area contributed by atoms with Crippen molar-refractivity contribution in [3.63, 3.8) is 0 Å². The molecule has 1 atom stereocenters. The summed E-state index contributed by atoms with van der Waals surface area (Å²) in [5, 5.41) is 11.5. The Morgan fingerprint density at radius 3 is 2.76 bits per heavy atom.